The van der Waals surface area contributed by atoms with Crippen LogP contribution >= 0.6 is 15.9 Å². The molecule has 0 atom stereocenters. The maximum Gasteiger partial charge on any atom is 0.341 e. The van der Waals surface area contributed by atoms with Gasteiger partial charge < -0.3 is 4.74 Å². The molecule has 1 aromatic carbocycles. The largest absolute Gasteiger partial charge is 0.462 e. The predicted octanol–water partition coefficient (Wildman–Crippen LogP) is 2.44. The molecule has 0 unspecified atom stereocenters. The van der Waals surface area contributed by atoms with E-state index in [0.717, 1.165) is 12.1 Å². The van der Waals surface area contributed by atoms with Gasteiger partial charge in [0.05, 0.1) is 12.2 Å². The Balaban J connectivity index is 3.07. The van der Waals surface area contributed by atoms with Crippen LogP contribution in [0.5, 0.6) is 0 Å². The molecule has 8 heteroatoms. The second-order valence-electron chi connectivity index (χ2n) is 4.63. The van der Waals surface area contributed by atoms with E-state index in [9.17, 15) is 17.6 Å². The second kappa shape index (κ2) is 6.64. The molecule has 0 saturated heterocycles. The highest BCUT2D eigenvalue weighted by Crippen LogP contribution is 2.24. The molecule has 20 heavy (non-hydrogen) atoms. The van der Waals surface area contributed by atoms with Crippen LogP contribution < -0.4 is 5.14 Å². The molecule has 0 aromatic heterocycles. The lowest BCUT2D eigenvalue weighted by Crippen LogP contribution is -2.17. The van der Waals surface area contributed by atoms with Gasteiger partial charge in [-0.25, -0.2) is 22.7 Å². The van der Waals surface area contributed by atoms with E-state index in [-0.39, 0.29) is 11.1 Å². The fourth-order valence-electron chi connectivity index (χ4n) is 1.38. The smallest absolute Gasteiger partial charge is 0.341 e. The van der Waals surface area contributed by atoms with E-state index < -0.39 is 32.3 Å². The number of rotatable bonds is 5. The average molecular weight is 368 g/mol. The quantitative estimate of drug-likeness (QED) is 0.809. The third-order valence-corrected chi connectivity index (χ3v) is 3.83. The fourth-order valence-corrected chi connectivity index (χ4v) is 2.65. The topological polar surface area (TPSA) is 86.5 Å². The Labute approximate surface area is 125 Å². The maximum absolute atomic E-state index is 14.0. The minimum Gasteiger partial charge on any atom is -0.462 e. The standard InChI is InChI=1S/C12H15BrFNO4S/c1-7(2)3-4-19-12(16)9-5-8(13)6-10(11(9)14)20(15,17)18/h5-7H,3-4H2,1-2H3,(H2,15,17,18). The van der Waals surface area contributed by atoms with Crippen molar-refractivity contribution in [1.82, 2.24) is 0 Å². The molecule has 5 nitrogen and oxygen atoms in total. The van der Waals surface area contributed by atoms with Gasteiger partial charge in [0.15, 0.2) is 5.82 Å². The summed E-state index contributed by atoms with van der Waals surface area (Å²) in [7, 11) is -4.26. The molecule has 0 heterocycles. The van der Waals surface area contributed by atoms with Gasteiger partial charge in [-0.2, -0.15) is 0 Å². The summed E-state index contributed by atoms with van der Waals surface area (Å²) in [6, 6.07) is 2.15. The van der Waals surface area contributed by atoms with Crippen LogP contribution in [-0.2, 0) is 14.8 Å². The van der Waals surface area contributed by atoms with Crippen molar-refractivity contribution in [2.45, 2.75) is 25.2 Å². The van der Waals surface area contributed by atoms with Gasteiger partial charge in [-0.15, -0.1) is 0 Å². The van der Waals surface area contributed by atoms with Crippen LogP contribution in [0.4, 0.5) is 4.39 Å². The predicted molar refractivity (Wildman–Crippen MR) is 75.2 cm³/mol. The van der Waals surface area contributed by atoms with Gasteiger partial charge >= 0.3 is 5.97 Å². The van der Waals surface area contributed by atoms with Crippen LogP contribution in [0.2, 0.25) is 0 Å². The summed E-state index contributed by atoms with van der Waals surface area (Å²) in [6.45, 7) is 4.03. The Morgan fingerprint density at radius 1 is 1.45 bits per heavy atom. The molecular weight excluding hydrogens is 353 g/mol. The van der Waals surface area contributed by atoms with E-state index in [2.05, 4.69) is 15.9 Å². The number of carbonyl (C=O) groups is 1. The van der Waals surface area contributed by atoms with E-state index in [1.165, 1.54) is 0 Å². The average Bonchev–Trinajstić information content (AvgIpc) is 2.29. The first-order chi connectivity index (χ1) is 9.12. The number of ether oxygens (including phenoxy) is 1. The number of hydrogen-bond donors (Lipinski definition) is 1. The summed E-state index contributed by atoms with van der Waals surface area (Å²) in [6.07, 6.45) is 0.628. The highest BCUT2D eigenvalue weighted by molar-refractivity contribution is 9.10. The lowest BCUT2D eigenvalue weighted by atomic mass is 10.1. The summed E-state index contributed by atoms with van der Waals surface area (Å²) in [4.78, 5) is 11.0. The van der Waals surface area contributed by atoms with Gasteiger partial charge in [-0.3, -0.25) is 0 Å². The molecule has 0 aliphatic heterocycles. The molecule has 0 bridgehead atoms. The molecule has 0 radical (unpaired) electrons. The Morgan fingerprint density at radius 3 is 2.55 bits per heavy atom. The fraction of sp³-hybridized carbons (Fsp3) is 0.417. The minimum atomic E-state index is -4.26. The number of halogens is 2. The Hall–Kier alpha value is -0.990. The van der Waals surface area contributed by atoms with Gasteiger partial charge in [0.1, 0.15) is 4.90 Å². The Morgan fingerprint density at radius 2 is 2.05 bits per heavy atom. The molecule has 1 rings (SSSR count). The highest BCUT2D eigenvalue weighted by Gasteiger charge is 2.23. The Kier molecular flexibility index (Phi) is 5.67. The zero-order valence-corrected chi connectivity index (χ0v) is 13.4. The molecule has 0 saturated carbocycles. The van der Waals surface area contributed by atoms with E-state index in [1.54, 1.807) is 0 Å². The molecule has 2 N–H and O–H groups in total. The molecule has 1 aromatic rings. The zero-order valence-electron chi connectivity index (χ0n) is 11.0. The van der Waals surface area contributed by atoms with Gasteiger partial charge in [0.2, 0.25) is 10.0 Å². The van der Waals surface area contributed by atoms with E-state index in [1.807, 2.05) is 13.8 Å². The van der Waals surface area contributed by atoms with Crippen molar-refractivity contribution in [3.8, 4) is 0 Å². The first-order valence-corrected chi connectivity index (χ1v) is 8.16. The first-order valence-electron chi connectivity index (χ1n) is 5.82. The second-order valence-corrected chi connectivity index (χ2v) is 7.07. The molecular formula is C12H15BrFNO4S. The molecule has 112 valence electrons. The molecule has 0 amide bonds. The highest BCUT2D eigenvalue weighted by atomic mass is 79.9. The molecule has 0 spiro atoms. The lowest BCUT2D eigenvalue weighted by Gasteiger charge is -2.09. The van der Waals surface area contributed by atoms with E-state index in [0.29, 0.717) is 12.3 Å². The minimum absolute atomic E-state index is 0.132. The normalized spacial score (nSPS) is 11.7. The van der Waals surface area contributed by atoms with Crippen LogP contribution in [0.25, 0.3) is 0 Å². The van der Waals surface area contributed by atoms with Crippen LogP contribution in [0, 0.1) is 11.7 Å². The van der Waals surface area contributed by atoms with Crippen molar-refractivity contribution in [1.29, 1.82) is 0 Å². The maximum atomic E-state index is 14.0. The van der Waals surface area contributed by atoms with Crippen LogP contribution in [-0.4, -0.2) is 21.0 Å². The summed E-state index contributed by atoms with van der Waals surface area (Å²) < 4.78 is 41.6. The lowest BCUT2D eigenvalue weighted by molar-refractivity contribution is 0.0482. The summed E-state index contributed by atoms with van der Waals surface area (Å²) in [5, 5.41) is 4.89. The van der Waals surface area contributed by atoms with Crippen LogP contribution in [0.1, 0.15) is 30.6 Å². The van der Waals surface area contributed by atoms with Crippen molar-refractivity contribution in [3.05, 3.63) is 28.0 Å². The van der Waals surface area contributed by atoms with Crippen molar-refractivity contribution in [2.24, 2.45) is 11.1 Å². The number of carbonyl (C=O) groups excluding carboxylic acids is 1. The first kappa shape index (κ1) is 17.1. The van der Waals surface area contributed by atoms with Crippen molar-refractivity contribution >= 4 is 31.9 Å². The molecule has 0 aliphatic carbocycles. The van der Waals surface area contributed by atoms with Crippen LogP contribution in [0.15, 0.2) is 21.5 Å². The number of primary sulfonamides is 1. The summed E-state index contributed by atoms with van der Waals surface area (Å²) >= 11 is 3.00. The van der Waals surface area contributed by atoms with Gasteiger partial charge in [0, 0.05) is 4.47 Å². The molecule has 0 fully saturated rings. The summed E-state index contributed by atoms with van der Waals surface area (Å²) in [5.41, 5.74) is -0.466. The monoisotopic (exact) mass is 367 g/mol. The number of benzene rings is 1. The van der Waals surface area contributed by atoms with Gasteiger partial charge in [0.25, 0.3) is 0 Å². The number of esters is 1. The number of sulfonamides is 1. The van der Waals surface area contributed by atoms with E-state index >= 15 is 0 Å². The zero-order chi connectivity index (χ0) is 15.5. The number of hydrogen-bond acceptors (Lipinski definition) is 4. The van der Waals surface area contributed by atoms with Crippen molar-refractivity contribution in [2.75, 3.05) is 6.61 Å². The van der Waals surface area contributed by atoms with Crippen LogP contribution in [0.3, 0.4) is 0 Å². The van der Waals surface area contributed by atoms with Gasteiger partial charge in [-0.05, 0) is 24.5 Å². The van der Waals surface area contributed by atoms with E-state index in [4.69, 9.17) is 9.88 Å². The molecule has 0 aliphatic rings. The van der Waals surface area contributed by atoms with Crippen molar-refractivity contribution in [3.63, 3.8) is 0 Å². The SMILES string of the molecule is CC(C)CCOC(=O)c1cc(Br)cc(S(N)(=O)=O)c1F. The number of nitrogens with two attached hydrogens (primary N) is 1. The third kappa shape index (κ3) is 4.53. The van der Waals surface area contributed by atoms with Gasteiger partial charge in [-0.1, -0.05) is 29.8 Å². The third-order valence-electron chi connectivity index (χ3n) is 2.46. The Bertz CT molecular complexity index is 616. The summed E-state index contributed by atoms with van der Waals surface area (Å²) in [5.74, 6) is -1.80. The van der Waals surface area contributed by atoms with Crippen molar-refractivity contribution < 1.29 is 22.3 Å².